The third kappa shape index (κ3) is 5.21. The van der Waals surface area contributed by atoms with Gasteiger partial charge in [-0.05, 0) is 37.1 Å². The van der Waals surface area contributed by atoms with E-state index in [4.69, 9.17) is 4.74 Å². The second-order valence-electron chi connectivity index (χ2n) is 5.63. The Kier molecular flexibility index (Phi) is 5.78. The zero-order chi connectivity index (χ0) is 15.1. The lowest BCUT2D eigenvalue weighted by atomic mass is 9.96. The van der Waals surface area contributed by atoms with Crippen molar-refractivity contribution < 1.29 is 14.3 Å². The number of carbonyl (C=O) groups excluding carboxylic acids is 2. The molecule has 114 valence electrons. The molecule has 1 saturated carbocycles. The van der Waals surface area contributed by atoms with Gasteiger partial charge in [0, 0.05) is 18.5 Å². The van der Waals surface area contributed by atoms with Gasteiger partial charge in [0.05, 0.1) is 0 Å². The molecule has 0 radical (unpaired) electrons. The molecule has 1 aromatic rings. The largest absolute Gasteiger partial charge is 0.427 e. The Balaban J connectivity index is 1.91. The van der Waals surface area contributed by atoms with Crippen LogP contribution in [0.1, 0.15) is 62.2 Å². The van der Waals surface area contributed by atoms with Gasteiger partial charge in [0.15, 0.2) is 0 Å². The van der Waals surface area contributed by atoms with Gasteiger partial charge in [-0.3, -0.25) is 9.59 Å². The first kappa shape index (κ1) is 15.5. The monoisotopic (exact) mass is 289 g/mol. The third-order valence-corrected chi connectivity index (χ3v) is 3.82. The van der Waals surface area contributed by atoms with Crippen LogP contribution >= 0.6 is 0 Å². The first-order valence-corrected chi connectivity index (χ1v) is 7.74. The van der Waals surface area contributed by atoms with E-state index in [0.717, 1.165) is 12.8 Å². The van der Waals surface area contributed by atoms with Crippen molar-refractivity contribution >= 4 is 11.9 Å². The summed E-state index contributed by atoms with van der Waals surface area (Å²) >= 11 is 0. The zero-order valence-electron chi connectivity index (χ0n) is 12.6. The Hall–Kier alpha value is -1.84. The quantitative estimate of drug-likeness (QED) is 0.685. The van der Waals surface area contributed by atoms with Crippen LogP contribution in [0.2, 0.25) is 0 Å². The van der Waals surface area contributed by atoms with E-state index in [0.29, 0.717) is 11.3 Å². The number of carbonyl (C=O) groups is 2. The molecule has 1 fully saturated rings. The Morgan fingerprint density at radius 2 is 1.57 bits per heavy atom. The summed E-state index contributed by atoms with van der Waals surface area (Å²) in [4.78, 5) is 23.1. The predicted octanol–water partition coefficient (Wildman–Crippen LogP) is 3.45. The van der Waals surface area contributed by atoms with E-state index in [1.807, 2.05) is 0 Å². The molecule has 0 aromatic heterocycles. The van der Waals surface area contributed by atoms with Crippen molar-refractivity contribution in [2.24, 2.45) is 0 Å². The highest BCUT2D eigenvalue weighted by atomic mass is 16.5. The van der Waals surface area contributed by atoms with Crippen LogP contribution in [0, 0.1) is 0 Å². The molecule has 0 aliphatic heterocycles. The van der Waals surface area contributed by atoms with Gasteiger partial charge >= 0.3 is 5.97 Å². The van der Waals surface area contributed by atoms with Crippen LogP contribution in [0.5, 0.6) is 5.75 Å². The number of hydrogen-bond acceptors (Lipinski definition) is 3. The lowest BCUT2D eigenvalue weighted by Gasteiger charge is -2.21. The van der Waals surface area contributed by atoms with Crippen molar-refractivity contribution in [3.63, 3.8) is 0 Å². The summed E-state index contributed by atoms with van der Waals surface area (Å²) in [6.45, 7) is 1.36. The van der Waals surface area contributed by atoms with Gasteiger partial charge in [-0.1, -0.05) is 32.1 Å². The van der Waals surface area contributed by atoms with Gasteiger partial charge in [0.25, 0.3) is 5.91 Å². The molecule has 4 heteroatoms. The minimum atomic E-state index is -0.360. The molecule has 2 rings (SSSR count). The van der Waals surface area contributed by atoms with Crippen LogP contribution in [0.3, 0.4) is 0 Å². The summed E-state index contributed by atoms with van der Waals surface area (Å²) in [5.41, 5.74) is 0.605. The molecule has 0 saturated heterocycles. The maximum Gasteiger partial charge on any atom is 0.308 e. The van der Waals surface area contributed by atoms with Gasteiger partial charge in [0.2, 0.25) is 0 Å². The van der Waals surface area contributed by atoms with Crippen LogP contribution in [-0.4, -0.2) is 17.9 Å². The lowest BCUT2D eigenvalue weighted by Crippen LogP contribution is -2.35. The van der Waals surface area contributed by atoms with E-state index in [1.54, 1.807) is 24.3 Å². The average molecular weight is 289 g/mol. The number of benzene rings is 1. The summed E-state index contributed by atoms with van der Waals surface area (Å²) in [5, 5.41) is 3.12. The van der Waals surface area contributed by atoms with Crippen LogP contribution in [-0.2, 0) is 4.79 Å². The van der Waals surface area contributed by atoms with Crippen molar-refractivity contribution in [1.29, 1.82) is 0 Å². The van der Waals surface area contributed by atoms with Crippen molar-refractivity contribution in [2.45, 2.75) is 57.9 Å². The molecule has 0 heterocycles. The molecule has 1 N–H and O–H groups in total. The maximum absolute atomic E-state index is 12.2. The van der Waals surface area contributed by atoms with Gasteiger partial charge in [-0.2, -0.15) is 0 Å². The number of nitrogens with one attached hydrogen (secondary N) is 1. The predicted molar refractivity (Wildman–Crippen MR) is 81.3 cm³/mol. The summed E-state index contributed by atoms with van der Waals surface area (Å²) in [6.07, 6.45) is 8.37. The van der Waals surface area contributed by atoms with E-state index in [1.165, 1.54) is 39.0 Å². The highest BCUT2D eigenvalue weighted by Crippen LogP contribution is 2.18. The molecule has 21 heavy (non-hydrogen) atoms. The second kappa shape index (κ2) is 7.81. The normalized spacial score (nSPS) is 16.6. The minimum Gasteiger partial charge on any atom is -0.427 e. The molecule has 4 nitrogen and oxygen atoms in total. The van der Waals surface area contributed by atoms with Crippen LogP contribution in [0.25, 0.3) is 0 Å². The summed E-state index contributed by atoms with van der Waals surface area (Å²) in [7, 11) is 0. The summed E-state index contributed by atoms with van der Waals surface area (Å²) in [6, 6.07) is 6.96. The smallest absolute Gasteiger partial charge is 0.308 e. The second-order valence-corrected chi connectivity index (χ2v) is 5.63. The number of rotatable bonds is 3. The van der Waals surface area contributed by atoms with Gasteiger partial charge < -0.3 is 10.1 Å². The van der Waals surface area contributed by atoms with Gasteiger partial charge in [0.1, 0.15) is 5.75 Å². The fourth-order valence-corrected chi connectivity index (χ4v) is 2.71. The topological polar surface area (TPSA) is 55.4 Å². The van der Waals surface area contributed by atoms with Gasteiger partial charge in [-0.25, -0.2) is 0 Å². The molecular formula is C17H23NO3. The summed E-state index contributed by atoms with van der Waals surface area (Å²) < 4.78 is 4.96. The first-order chi connectivity index (χ1) is 10.1. The Morgan fingerprint density at radius 3 is 2.14 bits per heavy atom. The fraction of sp³-hybridized carbons (Fsp3) is 0.529. The SMILES string of the molecule is CC(=O)Oc1ccc(C(=O)NC2CCCCCCC2)cc1. The van der Waals surface area contributed by atoms with E-state index in [9.17, 15) is 9.59 Å². The number of amides is 1. The standard InChI is InChI=1S/C17H23NO3/c1-13(19)21-16-11-9-14(10-12-16)17(20)18-15-7-5-3-2-4-6-8-15/h9-12,15H,2-8H2,1H3,(H,18,20). The number of esters is 1. The Bertz CT molecular complexity index is 473. The fourth-order valence-electron chi connectivity index (χ4n) is 2.71. The van der Waals surface area contributed by atoms with Crippen molar-refractivity contribution in [3.05, 3.63) is 29.8 Å². The molecule has 1 aliphatic carbocycles. The molecular weight excluding hydrogens is 266 g/mol. The van der Waals surface area contributed by atoms with E-state index < -0.39 is 0 Å². The molecule has 0 atom stereocenters. The maximum atomic E-state index is 12.2. The number of ether oxygens (including phenoxy) is 1. The molecule has 0 bridgehead atoms. The number of hydrogen-bond donors (Lipinski definition) is 1. The van der Waals surface area contributed by atoms with Crippen LogP contribution < -0.4 is 10.1 Å². The lowest BCUT2D eigenvalue weighted by molar-refractivity contribution is -0.131. The van der Waals surface area contributed by atoms with Gasteiger partial charge in [-0.15, -0.1) is 0 Å². The van der Waals surface area contributed by atoms with Crippen LogP contribution in [0.15, 0.2) is 24.3 Å². The van der Waals surface area contributed by atoms with Crippen molar-refractivity contribution in [2.75, 3.05) is 0 Å². The van der Waals surface area contributed by atoms with E-state index in [-0.39, 0.29) is 17.9 Å². The third-order valence-electron chi connectivity index (χ3n) is 3.82. The van der Waals surface area contributed by atoms with E-state index in [2.05, 4.69) is 5.32 Å². The zero-order valence-corrected chi connectivity index (χ0v) is 12.6. The molecule has 1 aliphatic rings. The minimum absolute atomic E-state index is 0.0463. The summed E-state index contributed by atoms with van der Waals surface area (Å²) in [5.74, 6) is 0.0571. The highest BCUT2D eigenvalue weighted by molar-refractivity contribution is 5.94. The molecule has 0 spiro atoms. The average Bonchev–Trinajstić information content (AvgIpc) is 2.41. The van der Waals surface area contributed by atoms with Crippen molar-refractivity contribution in [3.8, 4) is 5.75 Å². The van der Waals surface area contributed by atoms with Crippen molar-refractivity contribution in [1.82, 2.24) is 5.32 Å². The first-order valence-electron chi connectivity index (χ1n) is 7.74. The molecule has 0 unspecified atom stereocenters. The van der Waals surface area contributed by atoms with E-state index >= 15 is 0 Å². The Labute approximate surface area is 125 Å². The highest BCUT2D eigenvalue weighted by Gasteiger charge is 2.15. The van der Waals surface area contributed by atoms with Crippen LogP contribution in [0.4, 0.5) is 0 Å². The molecule has 1 aromatic carbocycles. The molecule has 1 amide bonds. The Morgan fingerprint density at radius 1 is 1.00 bits per heavy atom.